The number of halogens is 1. The third-order valence-electron chi connectivity index (χ3n) is 2.67. The van der Waals surface area contributed by atoms with Crippen molar-refractivity contribution in [2.24, 2.45) is 0 Å². The van der Waals surface area contributed by atoms with Crippen LogP contribution in [0.5, 0.6) is 5.75 Å². The summed E-state index contributed by atoms with van der Waals surface area (Å²) in [5.74, 6) is 0.414. The van der Waals surface area contributed by atoms with Crippen molar-refractivity contribution in [2.45, 2.75) is 19.6 Å². The summed E-state index contributed by atoms with van der Waals surface area (Å²) < 4.78 is 5.98. The predicted octanol–water partition coefficient (Wildman–Crippen LogP) is 2.78. The third-order valence-corrected chi connectivity index (χ3v) is 3.13. The molecule has 1 aromatic heterocycles. The van der Waals surface area contributed by atoms with Crippen LogP contribution in [0.3, 0.4) is 0 Å². The third kappa shape index (κ3) is 3.73. The SMILES string of the molecule is C[C@@H](O)c1cc(Br)cc([N+](=O)[O-])c1OCc1ncccn1. The van der Waals surface area contributed by atoms with Gasteiger partial charge in [-0.2, -0.15) is 0 Å². The van der Waals surface area contributed by atoms with E-state index in [0.29, 0.717) is 15.9 Å². The minimum atomic E-state index is -0.909. The van der Waals surface area contributed by atoms with Crippen LogP contribution in [0.1, 0.15) is 24.4 Å². The molecule has 2 aromatic rings. The van der Waals surface area contributed by atoms with Gasteiger partial charge in [-0.3, -0.25) is 10.1 Å². The predicted molar refractivity (Wildman–Crippen MR) is 77.8 cm³/mol. The van der Waals surface area contributed by atoms with Gasteiger partial charge in [0.15, 0.2) is 5.82 Å². The Balaban J connectivity index is 2.38. The van der Waals surface area contributed by atoms with E-state index >= 15 is 0 Å². The van der Waals surface area contributed by atoms with Gasteiger partial charge in [-0.05, 0) is 19.1 Å². The Labute approximate surface area is 128 Å². The molecule has 7 nitrogen and oxygen atoms in total. The van der Waals surface area contributed by atoms with Crippen LogP contribution < -0.4 is 4.74 Å². The van der Waals surface area contributed by atoms with Crippen molar-refractivity contribution in [3.63, 3.8) is 0 Å². The molecular formula is C13H12BrN3O4. The molecule has 1 heterocycles. The molecule has 0 saturated carbocycles. The summed E-state index contributed by atoms with van der Waals surface area (Å²) in [6.45, 7) is 1.49. The number of nitro groups is 1. The number of aliphatic hydroxyl groups excluding tert-OH is 1. The van der Waals surface area contributed by atoms with Crippen LogP contribution in [0, 0.1) is 10.1 Å². The number of rotatable bonds is 5. The van der Waals surface area contributed by atoms with Gasteiger partial charge in [-0.15, -0.1) is 0 Å². The first-order valence-electron chi connectivity index (χ1n) is 6.03. The molecule has 0 bridgehead atoms. The molecular weight excluding hydrogens is 342 g/mol. The highest BCUT2D eigenvalue weighted by Crippen LogP contribution is 2.38. The van der Waals surface area contributed by atoms with E-state index in [0.717, 1.165) is 0 Å². The van der Waals surface area contributed by atoms with Gasteiger partial charge in [0, 0.05) is 28.5 Å². The van der Waals surface area contributed by atoms with Crippen molar-refractivity contribution in [2.75, 3.05) is 0 Å². The van der Waals surface area contributed by atoms with E-state index in [1.54, 1.807) is 24.5 Å². The molecule has 1 aromatic carbocycles. The topological polar surface area (TPSA) is 98.4 Å². The first kappa shape index (κ1) is 15.3. The van der Waals surface area contributed by atoms with Crippen molar-refractivity contribution >= 4 is 21.6 Å². The van der Waals surface area contributed by atoms with Gasteiger partial charge in [0.25, 0.3) is 0 Å². The monoisotopic (exact) mass is 353 g/mol. The fraction of sp³-hybridized carbons (Fsp3) is 0.231. The Morgan fingerprint density at radius 3 is 2.67 bits per heavy atom. The number of nitrogens with zero attached hydrogens (tertiary/aromatic N) is 3. The average Bonchev–Trinajstić information content (AvgIpc) is 2.46. The highest BCUT2D eigenvalue weighted by Gasteiger charge is 2.23. The molecule has 1 N–H and O–H groups in total. The molecule has 0 saturated heterocycles. The summed E-state index contributed by atoms with van der Waals surface area (Å²) in [5, 5.41) is 20.9. The maximum Gasteiger partial charge on any atom is 0.312 e. The molecule has 110 valence electrons. The molecule has 0 amide bonds. The van der Waals surface area contributed by atoms with Gasteiger partial charge < -0.3 is 9.84 Å². The summed E-state index contributed by atoms with van der Waals surface area (Å²) in [7, 11) is 0. The summed E-state index contributed by atoms with van der Waals surface area (Å²) >= 11 is 3.18. The molecule has 21 heavy (non-hydrogen) atoms. The van der Waals surface area contributed by atoms with Crippen LogP contribution in [-0.4, -0.2) is 20.0 Å². The van der Waals surface area contributed by atoms with Gasteiger partial charge in [0.2, 0.25) is 5.75 Å². The van der Waals surface area contributed by atoms with E-state index in [9.17, 15) is 15.2 Å². The molecule has 0 spiro atoms. The molecule has 8 heteroatoms. The number of benzene rings is 1. The minimum absolute atomic E-state index is 0.0191. The van der Waals surface area contributed by atoms with Crippen molar-refractivity contribution in [3.05, 3.63) is 56.6 Å². The largest absolute Gasteiger partial charge is 0.478 e. The smallest absolute Gasteiger partial charge is 0.312 e. The standard InChI is InChI=1S/C13H12BrN3O4/c1-8(18)10-5-9(14)6-11(17(19)20)13(10)21-7-12-15-3-2-4-16-12/h2-6,8,18H,7H2,1H3/t8-/m1/s1. The van der Waals surface area contributed by atoms with E-state index in [2.05, 4.69) is 25.9 Å². The lowest BCUT2D eigenvalue weighted by atomic mass is 10.1. The van der Waals surface area contributed by atoms with E-state index in [1.807, 2.05) is 0 Å². The summed E-state index contributed by atoms with van der Waals surface area (Å²) in [6, 6.07) is 4.57. The lowest BCUT2D eigenvalue weighted by molar-refractivity contribution is -0.386. The summed E-state index contributed by atoms with van der Waals surface area (Å²) in [6.07, 6.45) is 2.20. The second-order valence-electron chi connectivity index (χ2n) is 4.23. The van der Waals surface area contributed by atoms with Gasteiger partial charge >= 0.3 is 5.69 Å². The zero-order valence-corrected chi connectivity index (χ0v) is 12.6. The van der Waals surface area contributed by atoms with Gasteiger partial charge in [-0.25, -0.2) is 9.97 Å². The summed E-state index contributed by atoms with van der Waals surface area (Å²) in [5.41, 5.74) is 0.100. The molecule has 0 aliphatic heterocycles. The number of nitro benzene ring substituents is 1. The average molecular weight is 354 g/mol. The fourth-order valence-corrected chi connectivity index (χ4v) is 2.21. The van der Waals surface area contributed by atoms with E-state index < -0.39 is 11.0 Å². The Kier molecular flexibility index (Phi) is 4.81. The zero-order chi connectivity index (χ0) is 15.4. The van der Waals surface area contributed by atoms with Crippen LogP contribution in [0.2, 0.25) is 0 Å². The number of ether oxygens (including phenoxy) is 1. The van der Waals surface area contributed by atoms with Crippen molar-refractivity contribution < 1.29 is 14.8 Å². The van der Waals surface area contributed by atoms with Gasteiger partial charge in [-0.1, -0.05) is 15.9 Å². The van der Waals surface area contributed by atoms with Gasteiger partial charge in [0.1, 0.15) is 6.61 Å². The van der Waals surface area contributed by atoms with E-state index in [4.69, 9.17) is 4.74 Å². The minimum Gasteiger partial charge on any atom is -0.478 e. The van der Waals surface area contributed by atoms with E-state index in [1.165, 1.54) is 13.0 Å². The number of aromatic nitrogens is 2. The molecule has 1 atom stereocenters. The highest BCUT2D eigenvalue weighted by molar-refractivity contribution is 9.10. The molecule has 0 fully saturated rings. The lowest BCUT2D eigenvalue weighted by Gasteiger charge is -2.13. The van der Waals surface area contributed by atoms with E-state index in [-0.39, 0.29) is 18.0 Å². The van der Waals surface area contributed by atoms with Crippen LogP contribution >= 0.6 is 15.9 Å². The van der Waals surface area contributed by atoms with Crippen molar-refractivity contribution in [1.82, 2.24) is 9.97 Å². The Hall–Kier alpha value is -2.06. The molecule has 2 rings (SSSR count). The zero-order valence-electron chi connectivity index (χ0n) is 11.1. The van der Waals surface area contributed by atoms with Crippen LogP contribution in [-0.2, 0) is 6.61 Å². The quantitative estimate of drug-likeness (QED) is 0.655. The van der Waals surface area contributed by atoms with Gasteiger partial charge in [0.05, 0.1) is 11.0 Å². The van der Waals surface area contributed by atoms with Crippen molar-refractivity contribution in [1.29, 1.82) is 0 Å². The second kappa shape index (κ2) is 6.59. The van der Waals surface area contributed by atoms with Crippen LogP contribution in [0.15, 0.2) is 35.1 Å². The van der Waals surface area contributed by atoms with Crippen LogP contribution in [0.4, 0.5) is 5.69 Å². The number of aliphatic hydroxyl groups is 1. The Morgan fingerprint density at radius 1 is 1.43 bits per heavy atom. The molecule has 0 aliphatic rings. The van der Waals surface area contributed by atoms with Crippen molar-refractivity contribution in [3.8, 4) is 5.75 Å². The molecule has 0 aliphatic carbocycles. The normalized spacial score (nSPS) is 12.0. The lowest BCUT2D eigenvalue weighted by Crippen LogP contribution is -2.06. The highest BCUT2D eigenvalue weighted by atomic mass is 79.9. The molecule has 0 unspecified atom stereocenters. The molecule has 0 radical (unpaired) electrons. The summed E-state index contributed by atoms with van der Waals surface area (Å²) in [4.78, 5) is 18.6. The first-order chi connectivity index (χ1) is 9.99. The maximum atomic E-state index is 11.2. The fourth-order valence-electron chi connectivity index (χ4n) is 1.74. The van der Waals surface area contributed by atoms with Crippen LogP contribution in [0.25, 0.3) is 0 Å². The number of hydrogen-bond donors (Lipinski definition) is 1. The Morgan fingerprint density at radius 2 is 2.10 bits per heavy atom. The first-order valence-corrected chi connectivity index (χ1v) is 6.83. The Bertz CT molecular complexity index is 649. The number of hydrogen-bond acceptors (Lipinski definition) is 6. The maximum absolute atomic E-state index is 11.2. The second-order valence-corrected chi connectivity index (χ2v) is 5.15.